The molecule has 5 heteroatoms. The molecule has 1 aliphatic carbocycles. The molecule has 5 nitrogen and oxygen atoms in total. The van der Waals surface area contributed by atoms with Crippen LogP contribution in [-0.2, 0) is 16.1 Å². The largest absolute Gasteiger partial charge is 0.445 e. The van der Waals surface area contributed by atoms with E-state index in [4.69, 9.17) is 4.74 Å². The number of hydrogen-bond donors (Lipinski definition) is 0. The molecular weight excluding hydrogens is 340 g/mol. The summed E-state index contributed by atoms with van der Waals surface area (Å²) in [6.45, 7) is 5.48. The van der Waals surface area contributed by atoms with Crippen molar-refractivity contribution in [1.29, 1.82) is 0 Å². The normalized spacial score (nSPS) is 20.7. The minimum atomic E-state index is -0.276. The molecule has 0 unspecified atom stereocenters. The predicted molar refractivity (Wildman–Crippen MR) is 105 cm³/mol. The number of ether oxygens (including phenoxy) is 1. The fourth-order valence-electron chi connectivity index (χ4n) is 4.26. The number of likely N-dealkylation sites (tertiary alicyclic amines) is 1. The lowest BCUT2D eigenvalue weighted by Gasteiger charge is -2.39. The first-order valence-electron chi connectivity index (χ1n) is 10.3. The fourth-order valence-corrected chi connectivity index (χ4v) is 4.26. The van der Waals surface area contributed by atoms with Crippen molar-refractivity contribution in [2.24, 2.45) is 5.92 Å². The molecule has 2 aliphatic rings. The van der Waals surface area contributed by atoms with E-state index in [1.807, 2.05) is 44.2 Å². The van der Waals surface area contributed by atoms with Gasteiger partial charge in [0.2, 0.25) is 5.91 Å². The molecule has 2 amide bonds. The second-order valence-corrected chi connectivity index (χ2v) is 8.12. The Hall–Kier alpha value is -2.04. The summed E-state index contributed by atoms with van der Waals surface area (Å²) in [4.78, 5) is 29.3. The maximum atomic E-state index is 12.9. The van der Waals surface area contributed by atoms with Crippen molar-refractivity contribution < 1.29 is 14.3 Å². The molecule has 1 heterocycles. The zero-order valence-corrected chi connectivity index (χ0v) is 16.6. The van der Waals surface area contributed by atoms with E-state index in [2.05, 4.69) is 4.90 Å². The second-order valence-electron chi connectivity index (χ2n) is 8.12. The molecule has 0 radical (unpaired) electrons. The van der Waals surface area contributed by atoms with Crippen LogP contribution >= 0.6 is 0 Å². The van der Waals surface area contributed by atoms with Gasteiger partial charge < -0.3 is 14.5 Å². The summed E-state index contributed by atoms with van der Waals surface area (Å²) in [5, 5.41) is 0. The van der Waals surface area contributed by atoms with E-state index in [1.54, 1.807) is 4.90 Å². The van der Waals surface area contributed by atoms with Crippen LogP contribution in [0.1, 0.15) is 57.9 Å². The summed E-state index contributed by atoms with van der Waals surface area (Å²) in [7, 11) is 0. The zero-order chi connectivity index (χ0) is 19.2. The molecule has 0 N–H and O–H groups in total. The Balaban J connectivity index is 1.59. The Morgan fingerprint density at radius 2 is 1.78 bits per heavy atom. The van der Waals surface area contributed by atoms with Gasteiger partial charge in [0.1, 0.15) is 6.61 Å². The maximum Gasteiger partial charge on any atom is 0.410 e. The van der Waals surface area contributed by atoms with Gasteiger partial charge in [-0.1, -0.05) is 63.4 Å². The van der Waals surface area contributed by atoms with Crippen LogP contribution in [0.25, 0.3) is 0 Å². The van der Waals surface area contributed by atoms with E-state index in [1.165, 1.54) is 19.3 Å². The van der Waals surface area contributed by atoms with Crippen LogP contribution in [0.3, 0.4) is 0 Å². The fraction of sp³-hybridized carbons (Fsp3) is 0.636. The van der Waals surface area contributed by atoms with Crippen molar-refractivity contribution in [2.45, 2.75) is 71.1 Å². The van der Waals surface area contributed by atoms with Gasteiger partial charge in [-0.3, -0.25) is 4.79 Å². The van der Waals surface area contributed by atoms with Crippen molar-refractivity contribution in [1.82, 2.24) is 9.80 Å². The standard InChI is InChI=1S/C22H32N2O3/c1-17(2)21(25)24(19-11-7-4-8-12-19)20-13-14-23(15-20)22(26)27-16-18-9-5-3-6-10-18/h3,5-6,9-10,17,19-20H,4,7-8,11-16H2,1-2H3/t20-/m0/s1. The second kappa shape index (κ2) is 9.25. The van der Waals surface area contributed by atoms with Crippen LogP contribution in [0, 0.1) is 5.92 Å². The topological polar surface area (TPSA) is 49.9 Å². The average Bonchev–Trinajstić information content (AvgIpc) is 3.17. The third kappa shape index (κ3) is 5.02. The molecule has 0 aromatic heterocycles. The van der Waals surface area contributed by atoms with Crippen molar-refractivity contribution >= 4 is 12.0 Å². The highest BCUT2D eigenvalue weighted by atomic mass is 16.6. The third-order valence-corrected chi connectivity index (χ3v) is 5.74. The molecule has 3 rings (SSSR count). The molecule has 0 bridgehead atoms. The zero-order valence-electron chi connectivity index (χ0n) is 16.6. The molecule has 1 aromatic carbocycles. The van der Waals surface area contributed by atoms with E-state index >= 15 is 0 Å². The highest BCUT2D eigenvalue weighted by Crippen LogP contribution is 2.29. The first-order chi connectivity index (χ1) is 13.1. The number of hydrogen-bond acceptors (Lipinski definition) is 3. The maximum absolute atomic E-state index is 12.9. The Morgan fingerprint density at radius 1 is 1.07 bits per heavy atom. The Kier molecular flexibility index (Phi) is 6.75. The quantitative estimate of drug-likeness (QED) is 0.778. The molecule has 2 fully saturated rings. The lowest BCUT2D eigenvalue weighted by atomic mass is 9.92. The van der Waals surface area contributed by atoms with Crippen LogP contribution in [0.4, 0.5) is 4.79 Å². The molecule has 1 saturated carbocycles. The molecule has 27 heavy (non-hydrogen) atoms. The number of carbonyl (C=O) groups is 2. The smallest absolute Gasteiger partial charge is 0.410 e. The number of amides is 2. The number of carbonyl (C=O) groups excluding carboxylic acids is 2. The van der Waals surface area contributed by atoms with Gasteiger partial charge in [-0.2, -0.15) is 0 Å². The van der Waals surface area contributed by atoms with E-state index in [9.17, 15) is 9.59 Å². The van der Waals surface area contributed by atoms with Crippen molar-refractivity contribution in [3.8, 4) is 0 Å². The van der Waals surface area contributed by atoms with Crippen LogP contribution in [-0.4, -0.2) is 47.0 Å². The van der Waals surface area contributed by atoms with E-state index in [0.29, 0.717) is 19.1 Å². The molecule has 1 aromatic rings. The van der Waals surface area contributed by atoms with Crippen LogP contribution < -0.4 is 0 Å². The molecule has 1 atom stereocenters. The van der Waals surface area contributed by atoms with Gasteiger partial charge in [0, 0.05) is 25.0 Å². The summed E-state index contributed by atoms with van der Waals surface area (Å²) in [5.74, 6) is 0.220. The van der Waals surface area contributed by atoms with Gasteiger partial charge >= 0.3 is 6.09 Å². The molecule has 148 valence electrons. The Bertz CT molecular complexity index is 626. The SMILES string of the molecule is CC(C)C(=O)N(C1CCCCC1)[C@H]1CCN(C(=O)OCc2ccccc2)C1. The van der Waals surface area contributed by atoms with Gasteiger partial charge in [0.15, 0.2) is 0 Å². The molecule has 1 aliphatic heterocycles. The van der Waals surface area contributed by atoms with Crippen LogP contribution in [0.15, 0.2) is 30.3 Å². The van der Waals surface area contributed by atoms with E-state index in [0.717, 1.165) is 24.8 Å². The van der Waals surface area contributed by atoms with E-state index in [-0.39, 0.29) is 30.6 Å². The third-order valence-electron chi connectivity index (χ3n) is 5.74. The average molecular weight is 373 g/mol. The summed E-state index contributed by atoms with van der Waals surface area (Å²) in [5.41, 5.74) is 0.986. The summed E-state index contributed by atoms with van der Waals surface area (Å²) in [6.07, 6.45) is 6.41. The summed E-state index contributed by atoms with van der Waals surface area (Å²) in [6, 6.07) is 10.2. The van der Waals surface area contributed by atoms with Gasteiger partial charge in [0.25, 0.3) is 0 Å². The van der Waals surface area contributed by atoms with Crippen LogP contribution in [0.2, 0.25) is 0 Å². The van der Waals surface area contributed by atoms with Gasteiger partial charge in [-0.25, -0.2) is 4.79 Å². The van der Waals surface area contributed by atoms with Gasteiger partial charge in [-0.15, -0.1) is 0 Å². The first kappa shape index (κ1) is 19.7. The highest BCUT2D eigenvalue weighted by Gasteiger charge is 2.38. The van der Waals surface area contributed by atoms with Crippen molar-refractivity contribution in [3.05, 3.63) is 35.9 Å². The summed E-state index contributed by atoms with van der Waals surface area (Å²) < 4.78 is 5.48. The van der Waals surface area contributed by atoms with Crippen molar-refractivity contribution in [2.75, 3.05) is 13.1 Å². The molecular formula is C22H32N2O3. The number of nitrogens with zero attached hydrogens (tertiary/aromatic N) is 2. The lowest BCUT2D eigenvalue weighted by Crippen LogP contribution is -2.50. The van der Waals surface area contributed by atoms with Gasteiger partial charge in [-0.05, 0) is 24.8 Å². The van der Waals surface area contributed by atoms with Gasteiger partial charge in [0.05, 0.1) is 6.04 Å². The van der Waals surface area contributed by atoms with Crippen molar-refractivity contribution in [3.63, 3.8) is 0 Å². The predicted octanol–water partition coefficient (Wildman–Crippen LogP) is 4.21. The Labute approximate surface area is 162 Å². The minimum Gasteiger partial charge on any atom is -0.445 e. The molecule has 0 spiro atoms. The first-order valence-corrected chi connectivity index (χ1v) is 10.3. The Morgan fingerprint density at radius 3 is 2.44 bits per heavy atom. The molecule has 1 saturated heterocycles. The lowest BCUT2D eigenvalue weighted by molar-refractivity contribution is -0.140. The minimum absolute atomic E-state index is 0.00833. The monoisotopic (exact) mass is 372 g/mol. The van der Waals surface area contributed by atoms with Crippen LogP contribution in [0.5, 0.6) is 0 Å². The summed E-state index contributed by atoms with van der Waals surface area (Å²) >= 11 is 0. The number of benzene rings is 1. The van der Waals surface area contributed by atoms with E-state index < -0.39 is 0 Å². The highest BCUT2D eigenvalue weighted by molar-refractivity contribution is 5.79. The number of rotatable bonds is 5.